The van der Waals surface area contributed by atoms with Crippen LogP contribution in [0.5, 0.6) is 0 Å². The monoisotopic (exact) mass is 888 g/mol. The summed E-state index contributed by atoms with van der Waals surface area (Å²) in [4.78, 5) is 0. The second-order valence-corrected chi connectivity index (χ2v) is 23.8. The van der Waals surface area contributed by atoms with Gasteiger partial charge in [-0.2, -0.15) is 0 Å². The van der Waals surface area contributed by atoms with Gasteiger partial charge >= 0.3 is 0 Å². The zero-order valence-electron chi connectivity index (χ0n) is 38.5. The molecule has 0 bridgehead atoms. The van der Waals surface area contributed by atoms with E-state index in [9.17, 15) is 0 Å². The van der Waals surface area contributed by atoms with E-state index in [-0.39, 0.29) is 16.2 Å². The van der Waals surface area contributed by atoms with Gasteiger partial charge in [0.2, 0.25) is 0 Å². The number of fused-ring (bicyclic) bond motifs is 16. The summed E-state index contributed by atoms with van der Waals surface area (Å²) in [5.74, 6) is 0. The molecule has 1 N–H and O–H groups in total. The Labute approximate surface area is 392 Å². The molecule has 0 unspecified atom stereocenters. The van der Waals surface area contributed by atoms with Crippen molar-refractivity contribution in [3.63, 3.8) is 0 Å². The van der Waals surface area contributed by atoms with E-state index < -0.39 is 0 Å². The molecule has 1 aliphatic heterocycles. The van der Waals surface area contributed by atoms with E-state index in [1.807, 2.05) is 22.7 Å². The van der Waals surface area contributed by atoms with Crippen LogP contribution in [0.1, 0.15) is 78.0 Å². The van der Waals surface area contributed by atoms with Crippen molar-refractivity contribution < 1.29 is 4.42 Å². The fraction of sp³-hybridized carbons (Fsp3) is 0.200. The molecular weight excluding hydrogens is 840 g/mol. The predicted octanol–water partition coefficient (Wildman–Crippen LogP) is 16.2. The lowest BCUT2D eigenvalue weighted by atomic mass is 9.59. The van der Waals surface area contributed by atoms with E-state index in [0.29, 0.717) is 0 Å². The molecule has 12 aromatic rings. The maximum absolute atomic E-state index is 6.84. The van der Waals surface area contributed by atoms with Crippen LogP contribution in [0.4, 0.5) is 11.4 Å². The first-order valence-corrected chi connectivity index (χ1v) is 25.2. The maximum Gasteiger partial charge on any atom is 0.198 e. The molecule has 0 spiro atoms. The highest BCUT2D eigenvalue weighted by molar-refractivity contribution is 7.26. The molecule has 320 valence electrons. The lowest BCUT2D eigenvalue weighted by Crippen LogP contribution is -2.37. The molecule has 0 atom stereocenters. The Morgan fingerprint density at radius 1 is 0.591 bits per heavy atom. The van der Waals surface area contributed by atoms with Gasteiger partial charge in [-0.05, 0) is 129 Å². The van der Waals surface area contributed by atoms with Gasteiger partial charge in [0.1, 0.15) is 11.2 Å². The molecule has 8 aromatic carbocycles. The van der Waals surface area contributed by atoms with Crippen LogP contribution < -0.4 is 16.2 Å². The standard InChI is InChI=1S/C60H49BN2OS2/c1-58(2,3)32-16-18-33(19-17-32)62-46-28-42-40-26-43-44(60(6,7)25-24-59(43,4)5)30-52(40)66-51(42)29-39(46)36-20-21-38-54-47(23-22-37-34-12-8-10-14-49(34)64-57(37)54)63-48-31-53-41(27-45(48)61-55(36)56(38)63)35-13-9-11-15-50(35)65-53/h8-23,26-31,61-62H,24-25H2,1-7H3. The third-order valence-electron chi connectivity index (χ3n) is 15.6. The minimum Gasteiger partial charge on any atom is -0.455 e. The molecule has 66 heavy (non-hydrogen) atoms. The van der Waals surface area contributed by atoms with Crippen molar-refractivity contribution in [2.75, 3.05) is 5.32 Å². The molecule has 3 nitrogen and oxygen atoms in total. The lowest BCUT2D eigenvalue weighted by molar-refractivity contribution is 0.332. The first-order chi connectivity index (χ1) is 31.8. The second kappa shape index (κ2) is 13.2. The van der Waals surface area contributed by atoms with E-state index in [1.54, 1.807) is 0 Å². The molecule has 4 aromatic heterocycles. The zero-order valence-corrected chi connectivity index (χ0v) is 40.1. The van der Waals surface area contributed by atoms with Crippen LogP contribution in [0.2, 0.25) is 0 Å². The third kappa shape index (κ3) is 5.43. The van der Waals surface area contributed by atoms with Gasteiger partial charge in [-0.1, -0.05) is 121 Å². The molecule has 0 saturated carbocycles. The molecule has 0 radical (unpaired) electrons. The van der Waals surface area contributed by atoms with Crippen molar-refractivity contribution in [3.8, 4) is 16.8 Å². The van der Waals surface area contributed by atoms with Crippen molar-refractivity contribution >= 4 is 136 Å². The average molecular weight is 889 g/mol. The Kier molecular flexibility index (Phi) is 7.77. The Morgan fingerprint density at radius 3 is 2.06 bits per heavy atom. The Hall–Kier alpha value is -6.34. The Balaban J connectivity index is 1.07. The van der Waals surface area contributed by atoms with Crippen molar-refractivity contribution in [1.29, 1.82) is 0 Å². The number of nitrogens with zero attached hydrogens (tertiary/aromatic N) is 1. The number of anilines is 2. The highest BCUT2D eigenvalue weighted by Gasteiger charge is 2.38. The predicted molar refractivity (Wildman–Crippen MR) is 289 cm³/mol. The summed E-state index contributed by atoms with van der Waals surface area (Å²) in [6.45, 7) is 16.6. The number of nitrogens with one attached hydrogen (secondary N) is 1. The van der Waals surface area contributed by atoms with E-state index >= 15 is 0 Å². The van der Waals surface area contributed by atoms with Crippen LogP contribution >= 0.6 is 22.7 Å². The van der Waals surface area contributed by atoms with Crippen LogP contribution in [0.15, 0.2) is 138 Å². The summed E-state index contributed by atoms with van der Waals surface area (Å²) in [6.07, 6.45) is 2.40. The van der Waals surface area contributed by atoms with Gasteiger partial charge in [0, 0.05) is 79.3 Å². The number of benzene rings is 8. The van der Waals surface area contributed by atoms with Gasteiger partial charge in [0.15, 0.2) is 7.28 Å². The topological polar surface area (TPSA) is 30.1 Å². The molecular formula is C60H49BN2OS2. The van der Waals surface area contributed by atoms with E-state index in [4.69, 9.17) is 4.42 Å². The smallest absolute Gasteiger partial charge is 0.198 e. The summed E-state index contributed by atoms with van der Waals surface area (Å²) in [7, 11) is 0.822. The molecule has 0 fully saturated rings. The normalized spacial score (nSPS) is 15.4. The largest absolute Gasteiger partial charge is 0.455 e. The number of furan rings is 1. The number of hydrogen-bond donors (Lipinski definition) is 1. The van der Waals surface area contributed by atoms with Gasteiger partial charge in [-0.3, -0.25) is 0 Å². The number of rotatable bonds is 3. The van der Waals surface area contributed by atoms with Crippen LogP contribution in [-0.2, 0) is 16.2 Å². The molecule has 2 aliphatic rings. The number of para-hydroxylation sites is 1. The van der Waals surface area contributed by atoms with Crippen LogP contribution in [0.25, 0.3) is 101 Å². The van der Waals surface area contributed by atoms with Gasteiger partial charge in [0.25, 0.3) is 0 Å². The second-order valence-electron chi connectivity index (χ2n) is 21.6. The van der Waals surface area contributed by atoms with Crippen molar-refractivity contribution in [1.82, 2.24) is 4.57 Å². The minimum atomic E-state index is 0.0708. The SMILES string of the molecule is CC(C)(C)c1ccc(Nc2cc3c(cc2-c2ccc4c5c6oc7ccccc7c6ccc5n5c4c2Bc2cc4c(cc2-5)sc2ccccc24)sc2cc4c(cc23)C(C)(C)CCC4(C)C)cc1. The molecule has 14 rings (SSSR count). The van der Waals surface area contributed by atoms with Gasteiger partial charge in [0.05, 0.1) is 10.9 Å². The highest BCUT2D eigenvalue weighted by Crippen LogP contribution is 2.51. The van der Waals surface area contributed by atoms with Gasteiger partial charge in [-0.15, -0.1) is 22.7 Å². The van der Waals surface area contributed by atoms with E-state index in [1.165, 1.54) is 119 Å². The molecule has 6 heteroatoms. The molecule has 1 aliphatic carbocycles. The quantitative estimate of drug-likeness (QED) is 0.179. The zero-order chi connectivity index (χ0) is 44.6. The third-order valence-corrected chi connectivity index (χ3v) is 17.9. The first kappa shape index (κ1) is 38.9. The van der Waals surface area contributed by atoms with Crippen molar-refractivity contribution in [3.05, 3.63) is 150 Å². The van der Waals surface area contributed by atoms with Crippen LogP contribution in [-0.4, -0.2) is 11.8 Å². The fourth-order valence-electron chi connectivity index (χ4n) is 11.9. The maximum atomic E-state index is 6.84. The summed E-state index contributed by atoms with van der Waals surface area (Å²) >= 11 is 3.85. The van der Waals surface area contributed by atoms with Crippen LogP contribution in [0.3, 0.4) is 0 Å². The van der Waals surface area contributed by atoms with E-state index in [0.717, 1.165) is 40.6 Å². The summed E-state index contributed by atoms with van der Waals surface area (Å²) in [5, 5.41) is 14.1. The summed E-state index contributed by atoms with van der Waals surface area (Å²) < 4.78 is 14.8. The molecule has 0 amide bonds. The number of thiophene rings is 2. The van der Waals surface area contributed by atoms with E-state index in [2.05, 4.69) is 192 Å². The first-order valence-electron chi connectivity index (χ1n) is 23.6. The van der Waals surface area contributed by atoms with Crippen molar-refractivity contribution in [2.45, 2.75) is 77.6 Å². The number of hydrogen-bond acceptors (Lipinski definition) is 4. The summed E-state index contributed by atoms with van der Waals surface area (Å²) in [5.41, 5.74) is 17.7. The Bertz CT molecular complexity index is 4090. The average Bonchev–Trinajstić information content (AvgIpc) is 4.06. The number of aromatic nitrogens is 1. The highest BCUT2D eigenvalue weighted by atomic mass is 32.1. The minimum absolute atomic E-state index is 0.0708. The summed E-state index contributed by atoms with van der Waals surface area (Å²) in [6, 6.07) is 50.9. The fourth-order valence-corrected chi connectivity index (χ4v) is 14.2. The van der Waals surface area contributed by atoms with Crippen molar-refractivity contribution in [2.24, 2.45) is 0 Å². The molecule has 0 saturated heterocycles. The molecule has 5 heterocycles. The lowest BCUT2D eigenvalue weighted by Gasteiger charge is -2.41. The van der Waals surface area contributed by atoms with Crippen LogP contribution in [0, 0.1) is 0 Å². The van der Waals surface area contributed by atoms with Gasteiger partial charge in [-0.25, -0.2) is 0 Å². The van der Waals surface area contributed by atoms with Gasteiger partial charge < -0.3 is 14.3 Å². The Morgan fingerprint density at radius 2 is 1.26 bits per heavy atom.